The Morgan fingerprint density at radius 2 is 1.54 bits per heavy atom. The Morgan fingerprint density at radius 1 is 0.893 bits per heavy atom. The number of hydrogen-bond acceptors (Lipinski definition) is 6. The van der Waals surface area contributed by atoms with Gasteiger partial charge in [-0.1, -0.05) is 18.2 Å². The fourth-order valence-electron chi connectivity index (χ4n) is 3.22. The highest BCUT2D eigenvalue weighted by atomic mass is 32.2. The van der Waals surface area contributed by atoms with Crippen molar-refractivity contribution in [3.05, 3.63) is 47.0 Å². The SMILES string of the molecule is COc1cc(C(C(C)Oc2c(C)cccc2OC)S(=O)(=O)O)cc(C)c1OC. The van der Waals surface area contributed by atoms with Crippen molar-refractivity contribution in [2.24, 2.45) is 0 Å². The van der Waals surface area contributed by atoms with E-state index in [1.807, 2.05) is 19.1 Å². The molecule has 2 atom stereocenters. The Morgan fingerprint density at radius 3 is 2.07 bits per heavy atom. The van der Waals surface area contributed by atoms with Crippen LogP contribution in [-0.4, -0.2) is 40.4 Å². The van der Waals surface area contributed by atoms with Crippen molar-refractivity contribution in [3.63, 3.8) is 0 Å². The molecule has 7 nitrogen and oxygen atoms in total. The predicted molar refractivity (Wildman–Crippen MR) is 106 cm³/mol. The van der Waals surface area contributed by atoms with Crippen LogP contribution in [0, 0.1) is 13.8 Å². The first kappa shape index (κ1) is 21.8. The predicted octanol–water partition coefficient (Wildman–Crippen LogP) is 3.73. The molecule has 2 aromatic carbocycles. The molecule has 0 aromatic heterocycles. The molecule has 0 bridgehead atoms. The number of para-hydroxylation sites is 1. The minimum absolute atomic E-state index is 0.331. The fourth-order valence-corrected chi connectivity index (χ4v) is 4.24. The van der Waals surface area contributed by atoms with Gasteiger partial charge in [0.2, 0.25) is 0 Å². The van der Waals surface area contributed by atoms with Crippen LogP contribution in [0.15, 0.2) is 30.3 Å². The lowest BCUT2D eigenvalue weighted by Crippen LogP contribution is -2.29. The van der Waals surface area contributed by atoms with E-state index in [1.165, 1.54) is 27.4 Å². The van der Waals surface area contributed by atoms with Gasteiger partial charge in [0.1, 0.15) is 11.4 Å². The molecule has 28 heavy (non-hydrogen) atoms. The third-order valence-electron chi connectivity index (χ3n) is 4.46. The minimum atomic E-state index is -4.49. The van der Waals surface area contributed by atoms with Crippen LogP contribution in [0.1, 0.15) is 28.9 Å². The lowest BCUT2D eigenvalue weighted by Gasteiger charge is -2.25. The Labute approximate surface area is 165 Å². The maximum Gasteiger partial charge on any atom is 0.275 e. The van der Waals surface area contributed by atoms with Crippen LogP contribution in [0.25, 0.3) is 0 Å². The summed E-state index contributed by atoms with van der Waals surface area (Å²) in [5.41, 5.74) is 1.78. The average molecular weight is 410 g/mol. The van der Waals surface area contributed by atoms with E-state index in [2.05, 4.69) is 0 Å². The van der Waals surface area contributed by atoms with Crippen LogP contribution in [0.5, 0.6) is 23.0 Å². The van der Waals surface area contributed by atoms with Gasteiger partial charge in [-0.05, 0) is 49.6 Å². The first-order valence-corrected chi connectivity index (χ1v) is 10.1. The van der Waals surface area contributed by atoms with Crippen molar-refractivity contribution in [3.8, 4) is 23.0 Å². The van der Waals surface area contributed by atoms with Crippen molar-refractivity contribution in [2.75, 3.05) is 21.3 Å². The minimum Gasteiger partial charge on any atom is -0.493 e. The fraction of sp³-hybridized carbons (Fsp3) is 0.400. The highest BCUT2D eigenvalue weighted by Crippen LogP contribution is 2.39. The van der Waals surface area contributed by atoms with E-state index >= 15 is 0 Å². The summed E-state index contributed by atoms with van der Waals surface area (Å²) >= 11 is 0. The first-order valence-electron chi connectivity index (χ1n) is 8.63. The van der Waals surface area contributed by atoms with Gasteiger partial charge in [0.05, 0.1) is 21.3 Å². The van der Waals surface area contributed by atoms with E-state index in [9.17, 15) is 13.0 Å². The van der Waals surface area contributed by atoms with Gasteiger partial charge in [0.15, 0.2) is 23.0 Å². The molecule has 0 saturated carbocycles. The lowest BCUT2D eigenvalue weighted by molar-refractivity contribution is 0.199. The molecule has 0 aliphatic carbocycles. The van der Waals surface area contributed by atoms with Crippen LogP contribution >= 0.6 is 0 Å². The second-order valence-electron chi connectivity index (χ2n) is 6.44. The quantitative estimate of drug-likeness (QED) is 0.663. The van der Waals surface area contributed by atoms with Gasteiger partial charge in [-0.2, -0.15) is 8.42 Å². The zero-order chi connectivity index (χ0) is 21.1. The summed E-state index contributed by atoms with van der Waals surface area (Å²) < 4.78 is 56.3. The molecule has 2 aromatic rings. The summed E-state index contributed by atoms with van der Waals surface area (Å²) in [5, 5.41) is -1.34. The molecule has 0 saturated heterocycles. The van der Waals surface area contributed by atoms with Gasteiger partial charge in [0, 0.05) is 0 Å². The molecule has 0 fully saturated rings. The number of methoxy groups -OCH3 is 3. The topological polar surface area (TPSA) is 91.3 Å². The van der Waals surface area contributed by atoms with Gasteiger partial charge >= 0.3 is 0 Å². The molecule has 2 unspecified atom stereocenters. The first-order chi connectivity index (χ1) is 13.1. The van der Waals surface area contributed by atoms with Crippen molar-refractivity contribution in [1.29, 1.82) is 0 Å². The summed E-state index contributed by atoms with van der Waals surface area (Å²) in [6.45, 7) is 5.17. The zero-order valence-corrected chi connectivity index (χ0v) is 17.7. The molecule has 2 rings (SSSR count). The second-order valence-corrected chi connectivity index (χ2v) is 7.98. The number of rotatable bonds is 8. The van der Waals surface area contributed by atoms with E-state index in [0.29, 0.717) is 34.1 Å². The van der Waals surface area contributed by atoms with Crippen LogP contribution in [0.4, 0.5) is 0 Å². The molecule has 0 heterocycles. The summed E-state index contributed by atoms with van der Waals surface area (Å²) in [5.74, 6) is 1.76. The molecule has 154 valence electrons. The van der Waals surface area contributed by atoms with Crippen LogP contribution < -0.4 is 18.9 Å². The summed E-state index contributed by atoms with van der Waals surface area (Å²) in [6.07, 6.45) is -0.914. The summed E-state index contributed by atoms with van der Waals surface area (Å²) in [7, 11) is -0.0280. The van der Waals surface area contributed by atoms with Crippen LogP contribution in [0.2, 0.25) is 0 Å². The maximum atomic E-state index is 12.2. The molecule has 0 radical (unpaired) electrons. The van der Waals surface area contributed by atoms with Crippen molar-refractivity contribution in [2.45, 2.75) is 32.1 Å². The van der Waals surface area contributed by atoms with Crippen molar-refractivity contribution in [1.82, 2.24) is 0 Å². The number of hydrogen-bond donors (Lipinski definition) is 1. The molecular formula is C20H26O7S. The van der Waals surface area contributed by atoms with Gasteiger partial charge in [0.25, 0.3) is 10.1 Å². The Hall–Kier alpha value is -2.45. The Bertz CT molecular complexity index is 938. The Balaban J connectivity index is 2.53. The van der Waals surface area contributed by atoms with E-state index in [-0.39, 0.29) is 0 Å². The second kappa shape index (κ2) is 8.70. The average Bonchev–Trinajstić information content (AvgIpc) is 2.61. The van der Waals surface area contributed by atoms with Gasteiger partial charge < -0.3 is 18.9 Å². The normalized spacial score (nSPS) is 13.5. The van der Waals surface area contributed by atoms with E-state index < -0.39 is 21.5 Å². The maximum absolute atomic E-state index is 12.2. The van der Waals surface area contributed by atoms with E-state index in [4.69, 9.17) is 18.9 Å². The summed E-state index contributed by atoms with van der Waals surface area (Å²) in [6, 6.07) is 8.52. The smallest absolute Gasteiger partial charge is 0.275 e. The number of aryl methyl sites for hydroxylation is 2. The van der Waals surface area contributed by atoms with Crippen molar-refractivity contribution >= 4 is 10.1 Å². The third-order valence-corrected chi connectivity index (χ3v) is 5.76. The molecule has 1 N–H and O–H groups in total. The molecule has 8 heteroatoms. The molecule has 0 amide bonds. The summed E-state index contributed by atoms with van der Waals surface area (Å²) in [4.78, 5) is 0. The molecule has 0 aliphatic rings. The molecule has 0 aliphatic heterocycles. The molecule has 0 spiro atoms. The van der Waals surface area contributed by atoms with Crippen molar-refractivity contribution < 1.29 is 31.9 Å². The number of benzene rings is 2. The largest absolute Gasteiger partial charge is 0.493 e. The molecular weight excluding hydrogens is 384 g/mol. The highest BCUT2D eigenvalue weighted by molar-refractivity contribution is 7.86. The standard InChI is InChI=1S/C20H26O7S/c1-12-8-7-9-16(24-4)19(12)27-14(3)20(28(21,22)23)15-10-13(2)18(26-6)17(11-15)25-5/h7-11,14,20H,1-6H3,(H,21,22,23). The zero-order valence-electron chi connectivity index (χ0n) is 16.8. The van der Waals surface area contributed by atoms with Gasteiger partial charge in [-0.15, -0.1) is 0 Å². The van der Waals surface area contributed by atoms with Gasteiger partial charge in [-0.3, -0.25) is 4.55 Å². The lowest BCUT2D eigenvalue weighted by atomic mass is 10.0. The Kier molecular flexibility index (Phi) is 6.79. The monoisotopic (exact) mass is 410 g/mol. The highest BCUT2D eigenvalue weighted by Gasteiger charge is 2.34. The van der Waals surface area contributed by atoms with Crippen LogP contribution in [0.3, 0.4) is 0 Å². The third kappa shape index (κ3) is 4.51. The van der Waals surface area contributed by atoms with Crippen LogP contribution in [-0.2, 0) is 10.1 Å². The number of ether oxygens (including phenoxy) is 4. The van der Waals surface area contributed by atoms with Gasteiger partial charge in [-0.25, -0.2) is 0 Å². The van der Waals surface area contributed by atoms with E-state index in [0.717, 1.165) is 5.56 Å². The van der Waals surface area contributed by atoms with E-state index in [1.54, 1.807) is 26.0 Å².